The first-order valence-electron chi connectivity index (χ1n) is 10.8. The maximum atomic E-state index is 10.0. The van der Waals surface area contributed by atoms with Crippen molar-refractivity contribution in [3.63, 3.8) is 0 Å². The Morgan fingerprint density at radius 2 is 0.704 bits per heavy atom. The summed E-state index contributed by atoms with van der Waals surface area (Å²) in [6.07, 6.45) is 0.377. The number of hydrogen-bond acceptors (Lipinski definition) is 4. The third-order valence-electron chi connectivity index (χ3n) is 6.77. The first-order valence-corrected chi connectivity index (χ1v) is 16.2. The molecule has 0 heterocycles. The van der Waals surface area contributed by atoms with Crippen molar-refractivity contribution in [3.8, 4) is 0 Å². The molecule has 4 N–H and O–H groups in total. The monoisotopic (exact) mass is 471 g/mol. The van der Waals surface area contributed by atoms with Gasteiger partial charge in [0.25, 0.3) is 0 Å². The number of rotatable bonds is 12. The van der Waals surface area contributed by atoms with E-state index in [9.17, 15) is 20.4 Å². The van der Waals surface area contributed by atoms with Crippen LogP contribution in [-0.4, -0.2) is 60.2 Å². The van der Waals surface area contributed by atoms with Gasteiger partial charge in [-0.15, -0.1) is 0 Å². The predicted octanol–water partition coefficient (Wildman–Crippen LogP) is 4.33. The third kappa shape index (κ3) is 10.9. The van der Waals surface area contributed by atoms with Crippen molar-refractivity contribution in [1.82, 2.24) is 0 Å². The van der Waals surface area contributed by atoms with Gasteiger partial charge in [-0.05, 0) is 26.7 Å². The van der Waals surface area contributed by atoms with Crippen LogP contribution in [0.4, 0.5) is 0 Å². The Hall–Kier alpha value is 0.793. The number of aliphatic hydroxyl groups is 4. The van der Waals surface area contributed by atoms with Crippen molar-refractivity contribution in [3.05, 3.63) is 0 Å². The smallest absolute Gasteiger partial charge is 0.0866 e. The van der Waals surface area contributed by atoms with Crippen molar-refractivity contribution in [2.75, 3.05) is 0 Å². The molecule has 0 aromatic carbocycles. The van der Waals surface area contributed by atoms with Gasteiger partial charge in [-0.2, -0.15) is 0 Å². The molecule has 4 nitrogen and oxygen atoms in total. The van der Waals surface area contributed by atoms with Gasteiger partial charge in [-0.1, -0.05) is 77.8 Å². The summed E-state index contributed by atoms with van der Waals surface area (Å²) in [7, 11) is -2.98. The van der Waals surface area contributed by atoms with Gasteiger partial charge in [0.15, 0.2) is 0 Å². The molecule has 0 saturated carbocycles. The second-order valence-electron chi connectivity index (χ2n) is 8.05. The molecule has 27 heavy (non-hydrogen) atoms. The Bertz CT molecular complexity index is 287. The average Bonchev–Trinajstić information content (AvgIpc) is 2.58. The SMILES string of the molecule is CC[Si](CC)(CC)C(O)CC(C)O.CC[Si](CC)(CC)C(O)CC(C)O.[Cu]. The fraction of sp³-hybridized carbons (Fsp3) is 1.00. The minimum absolute atomic E-state index is 0. The van der Waals surface area contributed by atoms with Crippen molar-refractivity contribution < 1.29 is 37.5 Å². The summed E-state index contributed by atoms with van der Waals surface area (Å²) in [5.74, 6) is 0. The zero-order valence-corrected chi connectivity index (χ0v) is 22.0. The van der Waals surface area contributed by atoms with Gasteiger partial charge in [-0.3, -0.25) is 0 Å². The van der Waals surface area contributed by atoms with Crippen molar-refractivity contribution in [2.45, 2.75) is 128 Å². The van der Waals surface area contributed by atoms with E-state index in [0.717, 1.165) is 36.3 Å². The molecule has 0 amide bonds. The first-order chi connectivity index (χ1) is 12.0. The summed E-state index contributed by atoms with van der Waals surface area (Å²) in [6.45, 7) is 16.5. The van der Waals surface area contributed by atoms with Gasteiger partial charge in [-0.25, -0.2) is 0 Å². The van der Waals surface area contributed by atoms with E-state index in [2.05, 4.69) is 41.5 Å². The van der Waals surface area contributed by atoms with Gasteiger partial charge in [0.2, 0.25) is 0 Å². The molecule has 0 bridgehead atoms. The zero-order chi connectivity index (χ0) is 21.0. The molecular formula is C20H48CuO4Si2. The maximum Gasteiger partial charge on any atom is 0.0866 e. The number of hydrogen-bond donors (Lipinski definition) is 4. The fourth-order valence-electron chi connectivity index (χ4n) is 4.06. The van der Waals surface area contributed by atoms with Crippen LogP contribution in [-0.2, 0) is 17.1 Å². The Morgan fingerprint density at radius 3 is 0.815 bits per heavy atom. The van der Waals surface area contributed by atoms with E-state index in [4.69, 9.17) is 0 Å². The van der Waals surface area contributed by atoms with Crippen LogP contribution < -0.4 is 0 Å². The quantitative estimate of drug-likeness (QED) is 0.319. The van der Waals surface area contributed by atoms with Crippen LogP contribution in [0.5, 0.6) is 0 Å². The molecule has 4 unspecified atom stereocenters. The molecule has 171 valence electrons. The molecule has 1 radical (unpaired) electrons. The number of aliphatic hydroxyl groups excluding tert-OH is 4. The normalized spacial score (nSPS) is 16.4. The minimum Gasteiger partial charge on any atom is -0.396 e. The molecule has 0 aliphatic carbocycles. The van der Waals surface area contributed by atoms with Crippen LogP contribution in [0.1, 0.15) is 68.2 Å². The molecule has 0 aliphatic heterocycles. The largest absolute Gasteiger partial charge is 0.396 e. The van der Waals surface area contributed by atoms with Crippen molar-refractivity contribution in [2.24, 2.45) is 0 Å². The van der Waals surface area contributed by atoms with Crippen molar-refractivity contribution >= 4 is 16.1 Å². The Balaban J connectivity index is -0.000000411. The summed E-state index contributed by atoms with van der Waals surface area (Å²) in [5.41, 5.74) is -0.458. The van der Waals surface area contributed by atoms with E-state index < -0.39 is 16.1 Å². The van der Waals surface area contributed by atoms with Gasteiger partial charge in [0, 0.05) is 28.5 Å². The average molecular weight is 472 g/mol. The first kappa shape index (κ1) is 32.5. The van der Waals surface area contributed by atoms with E-state index >= 15 is 0 Å². The van der Waals surface area contributed by atoms with E-state index in [1.165, 1.54) is 0 Å². The molecule has 0 fully saturated rings. The van der Waals surface area contributed by atoms with E-state index in [-0.39, 0.29) is 40.7 Å². The molecule has 4 atom stereocenters. The van der Waals surface area contributed by atoms with Gasteiger partial charge >= 0.3 is 0 Å². The standard InChI is InChI=1S/2C10H24O2Si.Cu/c2*1-5-13(6-2,7-3)10(12)8-9(4)11;/h2*9-12H,5-8H2,1-4H3;. The molecule has 0 spiro atoms. The van der Waals surface area contributed by atoms with Crippen LogP contribution in [0.15, 0.2) is 0 Å². The van der Waals surface area contributed by atoms with Crippen LogP contribution in [0.3, 0.4) is 0 Å². The Kier molecular flexibility index (Phi) is 19.9. The van der Waals surface area contributed by atoms with Crippen LogP contribution in [0.25, 0.3) is 0 Å². The van der Waals surface area contributed by atoms with Gasteiger partial charge in [0.1, 0.15) is 0 Å². The summed E-state index contributed by atoms with van der Waals surface area (Å²) >= 11 is 0. The van der Waals surface area contributed by atoms with E-state index in [1.807, 2.05) is 0 Å². The van der Waals surface area contributed by atoms with Crippen molar-refractivity contribution in [1.29, 1.82) is 0 Å². The summed E-state index contributed by atoms with van der Waals surface area (Å²) in [5, 5.41) is 38.5. The Morgan fingerprint density at radius 1 is 0.519 bits per heavy atom. The van der Waals surface area contributed by atoms with E-state index in [1.54, 1.807) is 13.8 Å². The van der Waals surface area contributed by atoms with Gasteiger partial charge < -0.3 is 20.4 Å². The summed E-state index contributed by atoms with van der Waals surface area (Å²) < 4.78 is 0. The summed E-state index contributed by atoms with van der Waals surface area (Å²) in [6, 6.07) is 6.71. The second kappa shape index (κ2) is 16.6. The molecule has 0 aromatic rings. The summed E-state index contributed by atoms with van der Waals surface area (Å²) in [4.78, 5) is 0. The van der Waals surface area contributed by atoms with Crippen LogP contribution in [0.2, 0.25) is 36.3 Å². The van der Waals surface area contributed by atoms with E-state index in [0.29, 0.717) is 12.8 Å². The third-order valence-corrected chi connectivity index (χ3v) is 18.5. The Labute approximate surface area is 181 Å². The predicted molar refractivity (Wildman–Crippen MR) is 119 cm³/mol. The second-order valence-corrected chi connectivity index (χ2v) is 19.1. The molecule has 0 rings (SSSR count). The molecule has 0 aliphatic rings. The fourth-order valence-corrected chi connectivity index (χ4v) is 11.6. The maximum absolute atomic E-state index is 10.0. The molecular weight excluding hydrogens is 424 g/mol. The zero-order valence-electron chi connectivity index (χ0n) is 19.1. The molecule has 0 aromatic heterocycles. The van der Waals surface area contributed by atoms with Crippen LogP contribution in [0, 0.1) is 0 Å². The van der Waals surface area contributed by atoms with Gasteiger partial charge in [0.05, 0.1) is 28.4 Å². The minimum atomic E-state index is -1.49. The van der Waals surface area contributed by atoms with Crippen LogP contribution >= 0.6 is 0 Å². The molecule has 0 saturated heterocycles. The molecule has 7 heteroatoms. The topological polar surface area (TPSA) is 80.9 Å².